The molecule has 0 N–H and O–H groups in total. The molecule has 8 heteroatoms. The molecule has 20 aromatic carbocycles. The highest BCUT2D eigenvalue weighted by Crippen LogP contribution is 2.49. The zero-order valence-electron chi connectivity index (χ0n) is 68.8. The Bertz CT molecular complexity index is 8890. The van der Waals surface area contributed by atoms with E-state index >= 15 is 0 Å². The first kappa shape index (κ1) is 71.8. The smallest absolute Gasteiger partial charge is 0.160 e. The SMILES string of the molecule is c1ccc(-c2ccc3oc4ccc(-c5ccc6oc7c(ccc8c9cc(-c%10ccc%11oc%12ccc(-c%13ccccc%13)cc%12c%11c%10)ccc9n(-c9ccccc9)c87)c6c5)cc4c3c2)cc1.c1ccc(-c2ccc3oc4ccc(-c5ccc6sc7c(ccc8c9cc(-c%10ccc%11oc%12ccc(-c%13ccccc%13)cc%12c%11c%10)ccc9n(-c9ccccc9)c87)c6c5)cc4c3c2)cc1. The molecule has 596 valence electrons. The van der Waals surface area contributed by atoms with Crippen molar-refractivity contribution in [3.63, 3.8) is 0 Å². The Morgan fingerprint density at radius 2 is 0.391 bits per heavy atom. The van der Waals surface area contributed by atoms with E-state index in [1.165, 1.54) is 109 Å². The van der Waals surface area contributed by atoms with Crippen LogP contribution < -0.4 is 0 Å². The molecular formula is C120H70N2O5S. The summed E-state index contributed by atoms with van der Waals surface area (Å²) < 4.78 is 39.7. The summed E-state index contributed by atoms with van der Waals surface area (Å²) in [5, 5.41) is 18.4. The molecule has 0 aliphatic rings. The largest absolute Gasteiger partial charge is 0.456 e. The molecule has 8 aromatic heterocycles. The van der Waals surface area contributed by atoms with Crippen LogP contribution in [0.5, 0.6) is 0 Å². The lowest BCUT2D eigenvalue weighted by Crippen LogP contribution is -1.93. The molecule has 128 heavy (non-hydrogen) atoms. The average molecular weight is 1650 g/mol. The second-order valence-electron chi connectivity index (χ2n) is 33.7. The van der Waals surface area contributed by atoms with E-state index in [4.69, 9.17) is 22.1 Å². The van der Waals surface area contributed by atoms with Crippen LogP contribution in [-0.4, -0.2) is 9.13 Å². The standard InChI is InChI=1S/C60H35NO3.C60H35NO2S/c1-4-10-36(11-5-1)38-17-25-54-49(31-38)51-34-42(19-27-56(51)62-54)40-16-24-53-47(30-40)45-22-23-46-48-33-41(21-29-58(48)64-60(46)59(45)61(53)44-14-8-3-9-15-44)43-20-28-57-52(35-43)50-32-39(18-26-55(50)63-57)37-12-6-2-7-13-37;1-4-10-36(11-5-1)38-17-25-54-48(31-38)50-33-41(19-27-56(50)62-54)40-16-24-53-47(30-40)45-22-23-46-52-35-43(21-29-58(52)64-60(46)59(45)61(53)44-14-8-3-9-15-44)42-20-28-57-51(34-42)49-32-39(18-26-55(49)63-57)37-12-6-2-7-13-37/h2*1-35H. The summed E-state index contributed by atoms with van der Waals surface area (Å²) in [6.45, 7) is 0. The summed E-state index contributed by atoms with van der Waals surface area (Å²) in [5.74, 6) is 0. The molecule has 0 amide bonds. The number of rotatable bonds is 10. The molecule has 0 spiro atoms. The van der Waals surface area contributed by atoms with Crippen molar-refractivity contribution in [2.45, 2.75) is 0 Å². The summed E-state index contributed by atoms with van der Waals surface area (Å²) in [6.07, 6.45) is 0. The van der Waals surface area contributed by atoms with Crippen molar-refractivity contribution in [2.75, 3.05) is 0 Å². The first-order chi connectivity index (χ1) is 63.4. The third-order valence-electron chi connectivity index (χ3n) is 26.4. The Hall–Kier alpha value is -16.8. The molecule has 28 rings (SSSR count). The number of nitrogens with zero attached hydrogens (tertiary/aromatic N) is 2. The van der Waals surface area contributed by atoms with Crippen molar-refractivity contribution >= 4 is 185 Å². The van der Waals surface area contributed by atoms with Crippen LogP contribution in [0.3, 0.4) is 0 Å². The molecule has 0 aliphatic heterocycles. The first-order valence-electron chi connectivity index (χ1n) is 43.4. The van der Waals surface area contributed by atoms with E-state index in [2.05, 4.69) is 434 Å². The topological polar surface area (TPSA) is 75.6 Å². The number of para-hydroxylation sites is 2. The fourth-order valence-corrected chi connectivity index (χ4v) is 21.4. The summed E-state index contributed by atoms with van der Waals surface area (Å²) >= 11 is 1.88. The minimum absolute atomic E-state index is 0.857. The Labute approximate surface area is 735 Å². The van der Waals surface area contributed by atoms with Gasteiger partial charge in [-0.25, -0.2) is 0 Å². The lowest BCUT2D eigenvalue weighted by Gasteiger charge is -2.09. The quantitative estimate of drug-likeness (QED) is 0.136. The van der Waals surface area contributed by atoms with Gasteiger partial charge >= 0.3 is 0 Å². The van der Waals surface area contributed by atoms with Gasteiger partial charge in [-0.05, 0) is 265 Å². The van der Waals surface area contributed by atoms with Crippen molar-refractivity contribution in [1.29, 1.82) is 0 Å². The molecule has 0 fully saturated rings. The van der Waals surface area contributed by atoms with Gasteiger partial charge in [0.05, 0.1) is 26.8 Å². The van der Waals surface area contributed by atoms with Crippen LogP contribution in [0.15, 0.2) is 447 Å². The van der Waals surface area contributed by atoms with Gasteiger partial charge in [0, 0.05) is 102 Å². The second-order valence-corrected chi connectivity index (χ2v) is 34.7. The number of thiophene rings is 1. The lowest BCUT2D eigenvalue weighted by molar-refractivity contribution is 0.668. The van der Waals surface area contributed by atoms with Crippen LogP contribution in [0.4, 0.5) is 0 Å². The highest BCUT2D eigenvalue weighted by atomic mass is 32.1. The lowest BCUT2D eigenvalue weighted by atomic mass is 9.98. The third-order valence-corrected chi connectivity index (χ3v) is 27.6. The van der Waals surface area contributed by atoms with Crippen molar-refractivity contribution in [3.05, 3.63) is 425 Å². The van der Waals surface area contributed by atoms with Gasteiger partial charge in [-0.1, -0.05) is 249 Å². The minimum Gasteiger partial charge on any atom is -0.456 e. The molecule has 7 nitrogen and oxygen atoms in total. The van der Waals surface area contributed by atoms with Crippen LogP contribution in [-0.2, 0) is 0 Å². The Morgan fingerprint density at radius 3 is 0.719 bits per heavy atom. The zero-order valence-corrected chi connectivity index (χ0v) is 69.6. The predicted molar refractivity (Wildman–Crippen MR) is 534 cm³/mol. The van der Waals surface area contributed by atoms with Gasteiger partial charge in [0.25, 0.3) is 0 Å². The maximum atomic E-state index is 6.91. The normalized spacial score (nSPS) is 12.1. The predicted octanol–water partition coefficient (Wildman–Crippen LogP) is 34.8. The van der Waals surface area contributed by atoms with Gasteiger partial charge in [0.2, 0.25) is 0 Å². The van der Waals surface area contributed by atoms with Crippen molar-refractivity contribution in [3.8, 4) is 100 Å². The van der Waals surface area contributed by atoms with Crippen molar-refractivity contribution < 1.29 is 22.1 Å². The zero-order chi connectivity index (χ0) is 83.8. The fraction of sp³-hybridized carbons (Fsp3) is 0. The molecular weight excluding hydrogens is 1580 g/mol. The molecule has 8 heterocycles. The van der Waals surface area contributed by atoms with E-state index in [-0.39, 0.29) is 0 Å². The van der Waals surface area contributed by atoms with E-state index in [0.29, 0.717) is 0 Å². The summed E-state index contributed by atoms with van der Waals surface area (Å²) in [6, 6.07) is 152. The molecule has 0 radical (unpaired) electrons. The maximum Gasteiger partial charge on any atom is 0.160 e. The molecule has 28 aromatic rings. The van der Waals surface area contributed by atoms with Crippen LogP contribution in [0.25, 0.3) is 274 Å². The van der Waals surface area contributed by atoms with Gasteiger partial charge in [0.15, 0.2) is 5.58 Å². The van der Waals surface area contributed by atoms with E-state index in [1.54, 1.807) is 0 Å². The van der Waals surface area contributed by atoms with Gasteiger partial charge < -0.3 is 31.2 Å². The van der Waals surface area contributed by atoms with Gasteiger partial charge in [-0.15, -0.1) is 11.3 Å². The minimum atomic E-state index is 0.857. The monoisotopic (exact) mass is 1650 g/mol. The summed E-state index contributed by atoms with van der Waals surface area (Å²) in [5.41, 5.74) is 34.4. The Morgan fingerprint density at radius 1 is 0.156 bits per heavy atom. The Kier molecular flexibility index (Phi) is 15.9. The highest BCUT2D eigenvalue weighted by molar-refractivity contribution is 7.26. The molecule has 0 saturated carbocycles. The number of benzene rings is 20. The van der Waals surface area contributed by atoms with Gasteiger partial charge in [-0.2, -0.15) is 0 Å². The summed E-state index contributed by atoms with van der Waals surface area (Å²) in [7, 11) is 0. The van der Waals surface area contributed by atoms with E-state index < -0.39 is 0 Å². The van der Waals surface area contributed by atoms with Crippen molar-refractivity contribution in [1.82, 2.24) is 9.13 Å². The average Bonchev–Trinajstić information content (AvgIpc) is 1.55. The van der Waals surface area contributed by atoms with E-state index in [0.717, 1.165) is 165 Å². The number of furan rings is 5. The maximum absolute atomic E-state index is 6.91. The molecule has 0 atom stereocenters. The molecule has 0 saturated heterocycles. The number of hydrogen-bond donors (Lipinski definition) is 0. The number of fused-ring (bicyclic) bond motifs is 26. The third kappa shape index (κ3) is 11.5. The second kappa shape index (κ2) is 28.4. The van der Waals surface area contributed by atoms with E-state index in [9.17, 15) is 0 Å². The van der Waals surface area contributed by atoms with Gasteiger partial charge in [-0.3, -0.25) is 0 Å². The highest BCUT2D eigenvalue weighted by Gasteiger charge is 2.25. The molecule has 0 aliphatic carbocycles. The van der Waals surface area contributed by atoms with Gasteiger partial charge in [0.1, 0.15) is 50.2 Å². The first-order valence-corrected chi connectivity index (χ1v) is 44.2. The Balaban J connectivity index is 0.000000132. The van der Waals surface area contributed by atoms with Crippen LogP contribution in [0.2, 0.25) is 0 Å². The van der Waals surface area contributed by atoms with Crippen LogP contribution >= 0.6 is 11.3 Å². The van der Waals surface area contributed by atoms with E-state index in [1.807, 2.05) is 11.3 Å². The fourth-order valence-electron chi connectivity index (χ4n) is 20.1. The van der Waals surface area contributed by atoms with Crippen LogP contribution in [0.1, 0.15) is 0 Å². The van der Waals surface area contributed by atoms with Crippen LogP contribution in [0, 0.1) is 0 Å². The molecule has 0 unspecified atom stereocenters. The van der Waals surface area contributed by atoms with Crippen molar-refractivity contribution in [2.24, 2.45) is 0 Å². The number of hydrogen-bond acceptors (Lipinski definition) is 6. The number of aromatic nitrogens is 2. The molecule has 0 bridgehead atoms. The summed E-state index contributed by atoms with van der Waals surface area (Å²) in [4.78, 5) is 0.